The summed E-state index contributed by atoms with van der Waals surface area (Å²) in [7, 11) is 0. The van der Waals surface area contributed by atoms with Gasteiger partial charge in [0, 0.05) is 6.54 Å². The van der Waals surface area contributed by atoms with E-state index in [1.165, 1.54) is 0 Å². The second kappa shape index (κ2) is 4.15. The highest BCUT2D eigenvalue weighted by Crippen LogP contribution is 2.18. The lowest BCUT2D eigenvalue weighted by Crippen LogP contribution is -2.49. The molecule has 0 radical (unpaired) electrons. The minimum absolute atomic E-state index is 0.145. The van der Waals surface area contributed by atoms with Gasteiger partial charge < -0.3 is 26.4 Å². The van der Waals surface area contributed by atoms with E-state index in [9.17, 15) is 10.2 Å². The second-order valence-corrected chi connectivity index (χ2v) is 3.11. The molecule has 3 unspecified atom stereocenters. The molecule has 0 spiro atoms. The van der Waals surface area contributed by atoms with Crippen LogP contribution in [0.1, 0.15) is 12.8 Å². The van der Waals surface area contributed by atoms with Gasteiger partial charge in [0.15, 0.2) is 6.29 Å². The first-order valence-electron chi connectivity index (χ1n) is 4.12. The van der Waals surface area contributed by atoms with E-state index < -0.39 is 12.4 Å². The highest BCUT2D eigenvalue weighted by Gasteiger charge is 2.30. The van der Waals surface area contributed by atoms with Crippen molar-refractivity contribution < 1.29 is 14.9 Å². The molecular weight excluding hydrogens is 160 g/mol. The zero-order chi connectivity index (χ0) is 9.14. The van der Waals surface area contributed by atoms with Crippen molar-refractivity contribution in [2.24, 2.45) is 11.5 Å². The van der Waals surface area contributed by atoms with E-state index in [0.717, 1.165) is 0 Å². The van der Waals surface area contributed by atoms with Crippen LogP contribution in [-0.4, -0.2) is 41.3 Å². The van der Waals surface area contributed by atoms with Gasteiger partial charge in [0.25, 0.3) is 0 Å². The maximum atomic E-state index is 9.28. The summed E-state index contributed by atoms with van der Waals surface area (Å²) < 4.78 is 5.05. The first-order chi connectivity index (χ1) is 5.65. The van der Waals surface area contributed by atoms with E-state index in [1.54, 1.807) is 0 Å². The molecule has 1 heterocycles. The van der Waals surface area contributed by atoms with Crippen molar-refractivity contribution in [3.8, 4) is 0 Å². The van der Waals surface area contributed by atoms with Crippen LogP contribution in [0.15, 0.2) is 0 Å². The topological polar surface area (TPSA) is 102 Å². The van der Waals surface area contributed by atoms with Gasteiger partial charge in [-0.05, 0) is 12.8 Å². The molecule has 0 saturated carbocycles. The Morgan fingerprint density at radius 3 is 2.67 bits per heavy atom. The molecule has 1 aliphatic rings. The van der Waals surface area contributed by atoms with E-state index >= 15 is 0 Å². The van der Waals surface area contributed by atoms with Crippen LogP contribution in [0.5, 0.6) is 0 Å². The number of hydrogen-bond donors (Lipinski definition) is 4. The van der Waals surface area contributed by atoms with E-state index in [4.69, 9.17) is 16.2 Å². The summed E-state index contributed by atoms with van der Waals surface area (Å²) in [5, 5.41) is 18.5. The van der Waals surface area contributed by atoms with Crippen LogP contribution in [-0.2, 0) is 4.74 Å². The lowest BCUT2D eigenvalue weighted by Gasteiger charge is -2.33. The average Bonchev–Trinajstić information content (AvgIpc) is 2.08. The molecule has 12 heavy (non-hydrogen) atoms. The Labute approximate surface area is 71.3 Å². The Bertz CT molecular complexity index is 145. The van der Waals surface area contributed by atoms with Crippen LogP contribution in [0.4, 0.5) is 0 Å². The zero-order valence-corrected chi connectivity index (χ0v) is 6.89. The SMILES string of the molecule is NCC(O)C1CCC(N)[C@@H](O)O1. The number of aliphatic hydroxyl groups excluding tert-OH is 2. The van der Waals surface area contributed by atoms with Crippen LogP contribution in [0.3, 0.4) is 0 Å². The first-order valence-corrected chi connectivity index (χ1v) is 4.12. The molecule has 1 saturated heterocycles. The molecular formula is C7H16N2O3. The van der Waals surface area contributed by atoms with Gasteiger partial charge in [-0.15, -0.1) is 0 Å². The molecule has 0 aliphatic carbocycles. The van der Waals surface area contributed by atoms with Crippen molar-refractivity contribution in [1.82, 2.24) is 0 Å². The highest BCUT2D eigenvalue weighted by molar-refractivity contribution is 4.80. The normalized spacial score (nSPS) is 39.5. The molecule has 0 aromatic carbocycles. The third-order valence-electron chi connectivity index (χ3n) is 2.14. The third kappa shape index (κ3) is 2.15. The summed E-state index contributed by atoms with van der Waals surface area (Å²) >= 11 is 0. The van der Waals surface area contributed by atoms with Crippen molar-refractivity contribution >= 4 is 0 Å². The van der Waals surface area contributed by atoms with Gasteiger partial charge in [-0.25, -0.2) is 0 Å². The number of nitrogens with two attached hydrogens (primary N) is 2. The molecule has 1 aliphatic heterocycles. The molecule has 5 nitrogen and oxygen atoms in total. The van der Waals surface area contributed by atoms with Gasteiger partial charge in [0.1, 0.15) is 0 Å². The quantitative estimate of drug-likeness (QED) is 0.395. The minimum Gasteiger partial charge on any atom is -0.389 e. The number of hydrogen-bond acceptors (Lipinski definition) is 5. The average molecular weight is 176 g/mol. The molecule has 4 atom stereocenters. The zero-order valence-electron chi connectivity index (χ0n) is 6.89. The first kappa shape index (κ1) is 9.88. The molecule has 0 bridgehead atoms. The lowest BCUT2D eigenvalue weighted by atomic mass is 10.0. The summed E-state index contributed by atoms with van der Waals surface area (Å²) in [5.41, 5.74) is 10.7. The monoisotopic (exact) mass is 176 g/mol. The fraction of sp³-hybridized carbons (Fsp3) is 1.00. The molecule has 1 fully saturated rings. The summed E-state index contributed by atoms with van der Waals surface area (Å²) in [5.74, 6) is 0. The summed E-state index contributed by atoms with van der Waals surface area (Å²) in [6.45, 7) is 0.145. The third-order valence-corrected chi connectivity index (χ3v) is 2.14. The Balaban J connectivity index is 2.39. The second-order valence-electron chi connectivity index (χ2n) is 3.11. The van der Waals surface area contributed by atoms with Crippen LogP contribution in [0.25, 0.3) is 0 Å². The minimum atomic E-state index is -0.968. The molecule has 1 rings (SSSR count). The van der Waals surface area contributed by atoms with E-state index in [2.05, 4.69) is 0 Å². The van der Waals surface area contributed by atoms with Gasteiger partial charge in [-0.2, -0.15) is 0 Å². The molecule has 0 aromatic heterocycles. The van der Waals surface area contributed by atoms with Gasteiger partial charge in [0.05, 0.1) is 18.2 Å². The van der Waals surface area contributed by atoms with Crippen molar-refractivity contribution in [2.75, 3.05) is 6.54 Å². The number of aliphatic hydroxyl groups is 2. The Morgan fingerprint density at radius 1 is 1.50 bits per heavy atom. The Kier molecular flexibility index (Phi) is 3.42. The van der Waals surface area contributed by atoms with E-state index in [-0.39, 0.29) is 18.7 Å². The Morgan fingerprint density at radius 2 is 2.17 bits per heavy atom. The summed E-state index contributed by atoms with van der Waals surface area (Å²) in [4.78, 5) is 0. The highest BCUT2D eigenvalue weighted by atomic mass is 16.6. The molecule has 0 amide bonds. The number of ether oxygens (including phenoxy) is 1. The lowest BCUT2D eigenvalue weighted by molar-refractivity contribution is -0.196. The van der Waals surface area contributed by atoms with Crippen LogP contribution in [0.2, 0.25) is 0 Å². The standard InChI is InChI=1S/C7H16N2O3/c8-3-5(10)6-2-1-4(9)7(11)12-6/h4-7,10-11H,1-3,8-9H2/t4?,5?,6?,7-/m0/s1. The Hall–Kier alpha value is -0.200. The summed E-state index contributed by atoms with van der Waals surface area (Å²) in [6.07, 6.45) is -0.735. The van der Waals surface area contributed by atoms with Crippen LogP contribution < -0.4 is 11.5 Å². The fourth-order valence-corrected chi connectivity index (χ4v) is 1.28. The van der Waals surface area contributed by atoms with Gasteiger partial charge in [-0.1, -0.05) is 0 Å². The van der Waals surface area contributed by atoms with E-state index in [1.807, 2.05) is 0 Å². The van der Waals surface area contributed by atoms with Crippen molar-refractivity contribution in [2.45, 2.75) is 37.4 Å². The van der Waals surface area contributed by atoms with Gasteiger partial charge >= 0.3 is 0 Å². The maximum Gasteiger partial charge on any atom is 0.170 e. The summed E-state index contributed by atoms with van der Waals surface area (Å²) in [6, 6.07) is -0.341. The fourth-order valence-electron chi connectivity index (χ4n) is 1.28. The van der Waals surface area contributed by atoms with Gasteiger partial charge in [-0.3, -0.25) is 0 Å². The largest absolute Gasteiger partial charge is 0.389 e. The molecule has 72 valence electrons. The molecule has 5 heteroatoms. The van der Waals surface area contributed by atoms with Crippen LogP contribution >= 0.6 is 0 Å². The van der Waals surface area contributed by atoms with Crippen molar-refractivity contribution in [3.05, 3.63) is 0 Å². The molecule has 6 N–H and O–H groups in total. The number of rotatable bonds is 2. The van der Waals surface area contributed by atoms with Crippen molar-refractivity contribution in [3.63, 3.8) is 0 Å². The van der Waals surface area contributed by atoms with E-state index in [0.29, 0.717) is 12.8 Å². The van der Waals surface area contributed by atoms with Gasteiger partial charge in [0.2, 0.25) is 0 Å². The van der Waals surface area contributed by atoms with Crippen molar-refractivity contribution in [1.29, 1.82) is 0 Å². The van der Waals surface area contributed by atoms with Crippen LogP contribution in [0, 0.1) is 0 Å². The molecule has 0 aromatic rings. The predicted molar refractivity (Wildman–Crippen MR) is 43.2 cm³/mol. The maximum absolute atomic E-state index is 9.28. The smallest absolute Gasteiger partial charge is 0.170 e. The predicted octanol–water partition coefficient (Wildman–Crippen LogP) is -1.87.